The van der Waals surface area contributed by atoms with E-state index in [2.05, 4.69) is 5.32 Å². The lowest BCUT2D eigenvalue weighted by molar-refractivity contribution is 0.307. The van der Waals surface area contributed by atoms with Gasteiger partial charge in [-0.3, -0.25) is 0 Å². The molecule has 0 aliphatic rings. The summed E-state index contributed by atoms with van der Waals surface area (Å²) in [5.41, 5.74) is 3.09. The van der Waals surface area contributed by atoms with Crippen LogP contribution in [0.25, 0.3) is 0 Å². The van der Waals surface area contributed by atoms with Gasteiger partial charge in [-0.1, -0.05) is 65.7 Å². The van der Waals surface area contributed by atoms with Gasteiger partial charge in [-0.25, -0.2) is 0 Å². The third-order valence-corrected chi connectivity index (χ3v) is 3.97. The van der Waals surface area contributed by atoms with Crippen LogP contribution in [0.2, 0.25) is 10.0 Å². The zero-order chi connectivity index (χ0) is 16.8. The highest BCUT2D eigenvalue weighted by Gasteiger charge is 2.04. The van der Waals surface area contributed by atoms with Crippen molar-refractivity contribution in [3.05, 3.63) is 94.0 Å². The molecule has 4 heteroatoms. The quantitative estimate of drug-likeness (QED) is 0.568. The Kier molecular flexibility index (Phi) is 5.63. The zero-order valence-corrected chi connectivity index (χ0v) is 14.5. The second-order valence-corrected chi connectivity index (χ2v) is 6.27. The van der Waals surface area contributed by atoms with Crippen LogP contribution in [0.5, 0.6) is 5.75 Å². The molecule has 122 valence electrons. The Morgan fingerprint density at radius 2 is 1.42 bits per heavy atom. The van der Waals surface area contributed by atoms with Gasteiger partial charge in [0.15, 0.2) is 0 Å². The van der Waals surface area contributed by atoms with Crippen molar-refractivity contribution in [3.63, 3.8) is 0 Å². The van der Waals surface area contributed by atoms with Crippen LogP contribution in [0.4, 0.5) is 5.69 Å². The van der Waals surface area contributed by atoms with Crippen LogP contribution in [0.15, 0.2) is 72.8 Å². The largest absolute Gasteiger partial charge is 0.487 e. The number of benzene rings is 3. The Balaban J connectivity index is 1.67. The van der Waals surface area contributed by atoms with E-state index in [4.69, 9.17) is 27.9 Å². The summed E-state index contributed by atoms with van der Waals surface area (Å²) in [6.45, 7) is 1.15. The summed E-state index contributed by atoms with van der Waals surface area (Å²) in [6, 6.07) is 23.5. The number of hydrogen-bond donors (Lipinski definition) is 1. The maximum absolute atomic E-state index is 6.04. The lowest BCUT2D eigenvalue weighted by Crippen LogP contribution is -2.03. The van der Waals surface area contributed by atoms with Crippen LogP contribution in [-0.4, -0.2) is 0 Å². The smallest absolute Gasteiger partial charge is 0.142 e. The molecule has 0 heterocycles. The van der Waals surface area contributed by atoms with Gasteiger partial charge in [-0.05, 0) is 41.5 Å². The molecule has 3 aromatic carbocycles. The molecule has 0 saturated heterocycles. The van der Waals surface area contributed by atoms with E-state index in [-0.39, 0.29) is 0 Å². The van der Waals surface area contributed by atoms with E-state index in [0.717, 1.165) is 22.6 Å². The van der Waals surface area contributed by atoms with E-state index in [0.29, 0.717) is 23.2 Å². The van der Waals surface area contributed by atoms with Gasteiger partial charge in [-0.15, -0.1) is 0 Å². The number of nitrogens with one attached hydrogen (secondary N) is 1. The first-order valence-corrected chi connectivity index (χ1v) is 8.41. The van der Waals surface area contributed by atoms with Crippen LogP contribution in [-0.2, 0) is 13.2 Å². The van der Waals surface area contributed by atoms with Crippen molar-refractivity contribution >= 4 is 28.9 Å². The highest BCUT2D eigenvalue weighted by Crippen LogP contribution is 2.26. The van der Waals surface area contributed by atoms with Gasteiger partial charge < -0.3 is 10.1 Å². The fourth-order valence-electron chi connectivity index (χ4n) is 2.38. The molecule has 1 N–H and O–H groups in total. The van der Waals surface area contributed by atoms with Gasteiger partial charge in [0.25, 0.3) is 0 Å². The molecule has 0 bridgehead atoms. The number of anilines is 1. The van der Waals surface area contributed by atoms with Crippen molar-refractivity contribution in [1.29, 1.82) is 0 Å². The Morgan fingerprint density at radius 1 is 0.750 bits per heavy atom. The molecular formula is C20H17Cl2NO. The summed E-state index contributed by atoms with van der Waals surface area (Å²) < 4.78 is 5.94. The average Bonchev–Trinajstić information content (AvgIpc) is 2.59. The predicted octanol–water partition coefficient (Wildman–Crippen LogP) is 6.18. The van der Waals surface area contributed by atoms with Gasteiger partial charge >= 0.3 is 0 Å². The minimum absolute atomic E-state index is 0.530. The first-order valence-electron chi connectivity index (χ1n) is 7.65. The maximum atomic E-state index is 6.04. The Labute approximate surface area is 152 Å². The Morgan fingerprint density at radius 3 is 2.17 bits per heavy atom. The number of para-hydroxylation sites is 2. The summed E-state index contributed by atoms with van der Waals surface area (Å²) >= 11 is 12.1. The third-order valence-electron chi connectivity index (χ3n) is 3.53. The topological polar surface area (TPSA) is 21.3 Å². The fourth-order valence-corrected chi connectivity index (χ4v) is 2.96. The van der Waals surface area contributed by atoms with E-state index < -0.39 is 0 Å². The van der Waals surface area contributed by atoms with Crippen molar-refractivity contribution in [3.8, 4) is 5.75 Å². The summed E-state index contributed by atoms with van der Waals surface area (Å²) in [5.74, 6) is 0.814. The molecule has 0 unspecified atom stereocenters. The van der Waals surface area contributed by atoms with Crippen LogP contribution in [0.3, 0.4) is 0 Å². The average molecular weight is 358 g/mol. The number of rotatable bonds is 6. The molecule has 0 aliphatic heterocycles. The summed E-state index contributed by atoms with van der Waals surface area (Å²) in [7, 11) is 0. The first-order chi connectivity index (χ1) is 11.7. The van der Waals surface area contributed by atoms with Crippen LogP contribution in [0.1, 0.15) is 11.1 Å². The normalized spacial score (nSPS) is 10.4. The molecule has 0 aromatic heterocycles. The van der Waals surface area contributed by atoms with Gasteiger partial charge in [0.05, 0.1) is 5.69 Å². The van der Waals surface area contributed by atoms with E-state index >= 15 is 0 Å². The predicted molar refractivity (Wildman–Crippen MR) is 101 cm³/mol. The highest BCUT2D eigenvalue weighted by atomic mass is 35.5. The van der Waals surface area contributed by atoms with Gasteiger partial charge in [-0.2, -0.15) is 0 Å². The summed E-state index contributed by atoms with van der Waals surface area (Å²) in [4.78, 5) is 0. The van der Waals surface area contributed by atoms with E-state index in [1.54, 1.807) is 6.07 Å². The van der Waals surface area contributed by atoms with Crippen molar-refractivity contribution in [2.45, 2.75) is 13.2 Å². The summed E-state index contributed by atoms with van der Waals surface area (Å²) in [5, 5.41) is 4.64. The molecule has 0 aliphatic carbocycles. The molecular weight excluding hydrogens is 341 g/mol. The van der Waals surface area contributed by atoms with Gasteiger partial charge in [0, 0.05) is 16.6 Å². The van der Waals surface area contributed by atoms with Gasteiger partial charge in [0.1, 0.15) is 12.4 Å². The Bertz CT molecular complexity index is 785. The van der Waals surface area contributed by atoms with Crippen LogP contribution >= 0.6 is 23.2 Å². The van der Waals surface area contributed by atoms with Crippen molar-refractivity contribution in [2.24, 2.45) is 0 Å². The molecule has 0 atom stereocenters. The number of halogens is 2. The number of hydrogen-bond acceptors (Lipinski definition) is 2. The Hall–Kier alpha value is -2.16. The molecule has 0 amide bonds. The summed E-state index contributed by atoms with van der Waals surface area (Å²) in [6.07, 6.45) is 0. The lowest BCUT2D eigenvalue weighted by atomic mass is 10.2. The fraction of sp³-hybridized carbons (Fsp3) is 0.100. The minimum atomic E-state index is 0.530. The SMILES string of the molecule is Clc1cc(Cl)cc(CNc2ccccc2OCc2ccccc2)c1. The molecule has 0 fully saturated rings. The minimum Gasteiger partial charge on any atom is -0.487 e. The van der Waals surface area contributed by atoms with Crippen molar-refractivity contribution < 1.29 is 4.74 Å². The second-order valence-electron chi connectivity index (χ2n) is 5.40. The third kappa shape index (κ3) is 4.67. The molecule has 3 rings (SSSR count). The standard InChI is InChI=1S/C20H17Cl2NO/c21-17-10-16(11-18(22)12-17)13-23-19-8-4-5-9-20(19)24-14-15-6-2-1-3-7-15/h1-12,23H,13-14H2. The highest BCUT2D eigenvalue weighted by molar-refractivity contribution is 6.34. The second kappa shape index (κ2) is 8.09. The van der Waals surface area contributed by atoms with Crippen molar-refractivity contribution in [2.75, 3.05) is 5.32 Å². The monoisotopic (exact) mass is 357 g/mol. The van der Waals surface area contributed by atoms with Crippen LogP contribution in [0, 0.1) is 0 Å². The maximum Gasteiger partial charge on any atom is 0.142 e. The molecule has 2 nitrogen and oxygen atoms in total. The lowest BCUT2D eigenvalue weighted by Gasteiger charge is -2.13. The van der Waals surface area contributed by atoms with Crippen molar-refractivity contribution in [1.82, 2.24) is 0 Å². The molecule has 0 spiro atoms. The molecule has 0 radical (unpaired) electrons. The molecule has 3 aromatic rings. The number of ether oxygens (including phenoxy) is 1. The van der Waals surface area contributed by atoms with E-state index in [9.17, 15) is 0 Å². The van der Waals surface area contributed by atoms with Gasteiger partial charge in [0.2, 0.25) is 0 Å². The zero-order valence-electron chi connectivity index (χ0n) is 13.0. The van der Waals surface area contributed by atoms with E-state index in [1.807, 2.05) is 66.7 Å². The molecule has 0 saturated carbocycles. The molecule has 24 heavy (non-hydrogen) atoms. The van der Waals surface area contributed by atoms with E-state index in [1.165, 1.54) is 0 Å². The first kappa shape index (κ1) is 16.7. The van der Waals surface area contributed by atoms with Crippen LogP contribution < -0.4 is 10.1 Å².